The molecular formula is C19H18ClN5O4S. The lowest BCUT2D eigenvalue weighted by Gasteiger charge is -2.25. The van der Waals surface area contributed by atoms with E-state index in [0.717, 1.165) is 30.1 Å². The Morgan fingerprint density at radius 1 is 1.30 bits per heavy atom. The second-order valence-electron chi connectivity index (χ2n) is 6.50. The Hall–Kier alpha value is -2.82. The zero-order chi connectivity index (χ0) is 21.1. The van der Waals surface area contributed by atoms with Crippen molar-refractivity contribution in [3.63, 3.8) is 0 Å². The maximum atomic E-state index is 13.0. The number of rotatable bonds is 7. The van der Waals surface area contributed by atoms with E-state index in [0.29, 0.717) is 39.4 Å². The Morgan fingerprint density at radius 3 is 2.87 bits per heavy atom. The average molecular weight is 448 g/mol. The largest absolute Gasteiger partial charge is 0.494 e. The molecule has 30 heavy (non-hydrogen) atoms. The van der Waals surface area contributed by atoms with Crippen molar-refractivity contribution in [3.8, 4) is 22.1 Å². The summed E-state index contributed by atoms with van der Waals surface area (Å²) < 4.78 is 16.2. The van der Waals surface area contributed by atoms with Crippen LogP contribution in [0.4, 0.5) is 5.13 Å². The monoisotopic (exact) mass is 447 g/mol. The number of nitrogens with one attached hydrogen (secondary N) is 1. The first kappa shape index (κ1) is 20.5. The van der Waals surface area contributed by atoms with Crippen molar-refractivity contribution in [2.24, 2.45) is 0 Å². The molecule has 0 saturated carbocycles. The van der Waals surface area contributed by atoms with Gasteiger partial charge < -0.3 is 14.2 Å². The number of aromatic nitrogens is 4. The lowest BCUT2D eigenvalue weighted by molar-refractivity contribution is -0.0721. The number of nitrogens with zero attached hydrogens (tertiary/aromatic N) is 4. The lowest BCUT2D eigenvalue weighted by atomic mass is 10.0. The minimum Gasteiger partial charge on any atom is -0.494 e. The van der Waals surface area contributed by atoms with Gasteiger partial charge in [-0.1, -0.05) is 16.7 Å². The van der Waals surface area contributed by atoms with Crippen LogP contribution in [0.3, 0.4) is 0 Å². The minimum atomic E-state index is -0.391. The molecule has 9 nitrogen and oxygen atoms in total. The number of pyridine rings is 2. The predicted octanol–water partition coefficient (Wildman–Crippen LogP) is 3.39. The highest BCUT2D eigenvalue weighted by atomic mass is 35.5. The fraction of sp³-hybridized carbons (Fsp3) is 0.316. The van der Waals surface area contributed by atoms with Crippen LogP contribution >= 0.6 is 22.9 Å². The van der Waals surface area contributed by atoms with E-state index >= 15 is 0 Å². The highest BCUT2D eigenvalue weighted by Gasteiger charge is 2.21. The van der Waals surface area contributed by atoms with Gasteiger partial charge in [-0.05, 0) is 30.4 Å². The molecule has 3 aromatic heterocycles. The standard InChI is InChI=1S/C19H18ClN5O4S/c1-10-5-12(13-6-16(20)22-8-15(13)27-2)14(7-21-10)17(26)23-18-24-25-19(30-18)29-9-11-3-4-28-11/h5-8,11H,3-4,9H2,1-2H3,(H,23,24,26). The highest BCUT2D eigenvalue weighted by molar-refractivity contribution is 7.17. The van der Waals surface area contributed by atoms with Gasteiger partial charge in [-0.25, -0.2) is 4.98 Å². The molecule has 0 aromatic carbocycles. The number of halogens is 1. The third-order valence-corrected chi connectivity index (χ3v) is 5.40. The van der Waals surface area contributed by atoms with Crippen molar-refractivity contribution in [3.05, 3.63) is 40.9 Å². The summed E-state index contributed by atoms with van der Waals surface area (Å²) in [6, 6.07) is 3.43. The van der Waals surface area contributed by atoms with Crippen LogP contribution in [0.15, 0.2) is 24.5 Å². The fourth-order valence-electron chi connectivity index (χ4n) is 2.82. The molecular weight excluding hydrogens is 430 g/mol. The Bertz CT molecular complexity index is 1070. The molecule has 156 valence electrons. The molecule has 1 atom stereocenters. The van der Waals surface area contributed by atoms with E-state index in [2.05, 4.69) is 25.5 Å². The summed E-state index contributed by atoms with van der Waals surface area (Å²) in [7, 11) is 1.53. The maximum Gasteiger partial charge on any atom is 0.295 e. The van der Waals surface area contributed by atoms with E-state index in [1.54, 1.807) is 12.1 Å². The van der Waals surface area contributed by atoms with Crippen LogP contribution < -0.4 is 14.8 Å². The molecule has 0 radical (unpaired) electrons. The molecule has 1 aliphatic rings. The predicted molar refractivity (Wildman–Crippen MR) is 111 cm³/mol. The van der Waals surface area contributed by atoms with E-state index in [9.17, 15) is 4.79 Å². The Balaban J connectivity index is 1.56. The van der Waals surface area contributed by atoms with Crippen molar-refractivity contribution in [2.45, 2.75) is 19.4 Å². The topological polar surface area (TPSA) is 108 Å². The van der Waals surface area contributed by atoms with Crippen LogP contribution in [0.5, 0.6) is 10.9 Å². The van der Waals surface area contributed by atoms with E-state index in [4.69, 9.17) is 25.8 Å². The summed E-state index contributed by atoms with van der Waals surface area (Å²) in [5.41, 5.74) is 2.32. The van der Waals surface area contributed by atoms with Crippen LogP contribution in [-0.4, -0.2) is 52.5 Å². The summed E-state index contributed by atoms with van der Waals surface area (Å²) in [4.78, 5) is 21.3. The SMILES string of the molecule is COc1cnc(Cl)cc1-c1cc(C)ncc1C(=O)Nc1nnc(OCC2CCO2)s1. The van der Waals surface area contributed by atoms with E-state index in [-0.39, 0.29) is 11.3 Å². The van der Waals surface area contributed by atoms with Crippen molar-refractivity contribution < 1.29 is 19.0 Å². The summed E-state index contributed by atoms with van der Waals surface area (Å²) >= 11 is 7.21. The smallest absolute Gasteiger partial charge is 0.295 e. The number of carbonyl (C=O) groups is 1. The van der Waals surface area contributed by atoms with Gasteiger partial charge >= 0.3 is 0 Å². The zero-order valence-electron chi connectivity index (χ0n) is 16.2. The van der Waals surface area contributed by atoms with E-state index in [1.807, 2.05) is 6.92 Å². The molecule has 4 heterocycles. The summed E-state index contributed by atoms with van der Waals surface area (Å²) in [5, 5.41) is 11.6. The first-order valence-corrected chi connectivity index (χ1v) is 10.3. The lowest BCUT2D eigenvalue weighted by Crippen LogP contribution is -2.32. The number of carbonyl (C=O) groups excluding carboxylic acids is 1. The number of hydrogen-bond acceptors (Lipinski definition) is 9. The number of aryl methyl sites for hydroxylation is 1. The zero-order valence-corrected chi connectivity index (χ0v) is 17.8. The van der Waals surface area contributed by atoms with Gasteiger partial charge in [0.1, 0.15) is 17.5 Å². The van der Waals surface area contributed by atoms with Crippen molar-refractivity contribution in [1.82, 2.24) is 20.2 Å². The number of anilines is 1. The van der Waals surface area contributed by atoms with Crippen LogP contribution in [0, 0.1) is 6.92 Å². The van der Waals surface area contributed by atoms with E-state index in [1.165, 1.54) is 19.5 Å². The van der Waals surface area contributed by atoms with Gasteiger partial charge in [0.25, 0.3) is 11.1 Å². The second-order valence-corrected chi connectivity index (χ2v) is 7.83. The van der Waals surface area contributed by atoms with Gasteiger partial charge in [0.15, 0.2) is 0 Å². The van der Waals surface area contributed by atoms with Gasteiger partial charge in [0.2, 0.25) is 5.13 Å². The fourth-order valence-corrected chi connectivity index (χ4v) is 3.57. The molecule has 1 N–H and O–H groups in total. The van der Waals surface area contributed by atoms with Crippen LogP contribution in [0.2, 0.25) is 5.15 Å². The minimum absolute atomic E-state index is 0.0929. The summed E-state index contributed by atoms with van der Waals surface area (Å²) in [5.74, 6) is 0.0985. The third-order valence-electron chi connectivity index (χ3n) is 4.44. The average Bonchev–Trinajstić information content (AvgIpc) is 3.13. The normalized spacial score (nSPS) is 15.4. The van der Waals surface area contributed by atoms with Gasteiger partial charge in [-0.3, -0.25) is 15.1 Å². The summed E-state index contributed by atoms with van der Waals surface area (Å²) in [6.07, 6.45) is 4.07. The van der Waals surface area contributed by atoms with Crippen molar-refractivity contribution >= 4 is 34.0 Å². The van der Waals surface area contributed by atoms with Gasteiger partial charge in [0, 0.05) is 36.0 Å². The Kier molecular flexibility index (Phi) is 6.07. The number of ether oxygens (including phenoxy) is 3. The number of methoxy groups -OCH3 is 1. The van der Waals surface area contributed by atoms with E-state index < -0.39 is 5.91 Å². The first-order valence-electron chi connectivity index (χ1n) is 9.09. The molecule has 3 aromatic rings. The van der Waals surface area contributed by atoms with Gasteiger partial charge in [0.05, 0.1) is 25.0 Å². The molecule has 1 aliphatic heterocycles. The first-order chi connectivity index (χ1) is 14.5. The maximum absolute atomic E-state index is 13.0. The molecule has 0 spiro atoms. The van der Waals surface area contributed by atoms with Crippen molar-refractivity contribution in [2.75, 3.05) is 25.6 Å². The molecule has 0 bridgehead atoms. The third kappa shape index (κ3) is 4.50. The van der Waals surface area contributed by atoms with Crippen LogP contribution in [0.25, 0.3) is 11.1 Å². The Labute approximate surface area is 181 Å². The molecule has 11 heteroatoms. The van der Waals surface area contributed by atoms with Crippen molar-refractivity contribution in [1.29, 1.82) is 0 Å². The Morgan fingerprint density at radius 2 is 2.13 bits per heavy atom. The second kappa shape index (κ2) is 8.90. The quantitative estimate of drug-likeness (QED) is 0.549. The molecule has 1 amide bonds. The number of amides is 1. The molecule has 1 unspecified atom stereocenters. The molecule has 4 rings (SSSR count). The molecule has 0 aliphatic carbocycles. The molecule has 1 fully saturated rings. The summed E-state index contributed by atoms with van der Waals surface area (Å²) in [6.45, 7) is 3.00. The number of hydrogen-bond donors (Lipinski definition) is 1. The molecule has 1 saturated heterocycles. The highest BCUT2D eigenvalue weighted by Crippen LogP contribution is 2.34. The van der Waals surface area contributed by atoms with Crippen LogP contribution in [0.1, 0.15) is 22.5 Å². The van der Waals surface area contributed by atoms with Gasteiger partial charge in [-0.2, -0.15) is 0 Å². The van der Waals surface area contributed by atoms with Gasteiger partial charge in [-0.15, -0.1) is 5.10 Å². The van der Waals surface area contributed by atoms with Crippen LogP contribution in [-0.2, 0) is 4.74 Å².